The molecule has 17 nitrogen and oxygen atoms in total. The van der Waals surface area contributed by atoms with Gasteiger partial charge in [0, 0.05) is 94.6 Å². The first-order chi connectivity index (χ1) is 28.3. The molecule has 0 spiro atoms. The highest BCUT2D eigenvalue weighted by Crippen LogP contribution is 2.48. The lowest BCUT2D eigenvalue weighted by Crippen LogP contribution is -2.46. The molecule has 5 N–H and O–H groups in total. The van der Waals surface area contributed by atoms with Crippen molar-refractivity contribution in [1.82, 2.24) is 15.3 Å². The molecule has 0 radical (unpaired) electrons. The van der Waals surface area contributed by atoms with Crippen molar-refractivity contribution in [1.29, 1.82) is 0 Å². The number of aliphatic hydroxyl groups is 2. The number of ether oxygens (including phenoxy) is 4. The third-order valence-electron chi connectivity index (χ3n) is 11.8. The maximum atomic E-state index is 14.1. The number of Topliss-reactive ketones (excluding diaryl/α,β-unsaturated/α-hetero) is 1. The number of rotatable bonds is 6. The number of aromatic hydroxyl groups is 1. The van der Waals surface area contributed by atoms with Crippen LogP contribution in [0.2, 0.25) is 0 Å². The average molecular weight is 839 g/mol. The maximum Gasteiger partial charge on any atom is 0.302 e. The van der Waals surface area contributed by atoms with Crippen LogP contribution in [0.1, 0.15) is 80.3 Å². The van der Waals surface area contributed by atoms with Crippen molar-refractivity contribution in [2.24, 2.45) is 28.8 Å². The van der Waals surface area contributed by atoms with Gasteiger partial charge in [0.25, 0.3) is 11.7 Å². The Hall–Kier alpha value is -4.91. The van der Waals surface area contributed by atoms with Gasteiger partial charge in [0.05, 0.1) is 47.0 Å². The summed E-state index contributed by atoms with van der Waals surface area (Å²) < 4.78 is 24.2. The first kappa shape index (κ1) is 46.2. The molecule has 1 fully saturated rings. The normalized spacial score (nSPS) is 33.5. The fourth-order valence-corrected chi connectivity index (χ4v) is 8.00. The van der Waals surface area contributed by atoms with Crippen molar-refractivity contribution in [3.8, 4) is 11.5 Å². The number of oxime groups is 1. The molecular formula is C43H58N4O13. The van der Waals surface area contributed by atoms with Crippen molar-refractivity contribution in [2.45, 2.75) is 85.6 Å². The van der Waals surface area contributed by atoms with Crippen LogP contribution in [0.3, 0.4) is 0 Å². The van der Waals surface area contributed by atoms with E-state index in [9.17, 15) is 39.7 Å². The monoisotopic (exact) mass is 838 g/mol. The second kappa shape index (κ2) is 19.2. The highest BCUT2D eigenvalue weighted by atomic mass is 16.7. The largest absolute Gasteiger partial charge is 0.507 e. The third kappa shape index (κ3) is 9.66. The van der Waals surface area contributed by atoms with Gasteiger partial charge in [0.1, 0.15) is 24.2 Å². The van der Waals surface area contributed by atoms with Gasteiger partial charge in [-0.05, 0) is 19.9 Å². The lowest BCUT2D eigenvalue weighted by atomic mass is 9.78. The molecule has 1 aromatic carbocycles. The maximum absolute atomic E-state index is 14.1. The number of hydrogen-bond acceptors (Lipinski definition) is 16. The number of benzene rings is 1. The molecule has 4 heterocycles. The minimum Gasteiger partial charge on any atom is -0.507 e. The van der Waals surface area contributed by atoms with Gasteiger partial charge >= 0.3 is 5.97 Å². The van der Waals surface area contributed by atoms with E-state index < -0.39 is 83.1 Å². The van der Waals surface area contributed by atoms with Crippen LogP contribution in [0.25, 0.3) is 0 Å². The summed E-state index contributed by atoms with van der Waals surface area (Å²) in [7, 11) is 1.46. The Morgan fingerprint density at radius 1 is 0.983 bits per heavy atom. The molecule has 6 rings (SSSR count). The molecule has 17 heteroatoms. The Morgan fingerprint density at radius 3 is 2.32 bits per heavy atom. The Balaban J connectivity index is 1.61. The molecule has 1 aromatic rings. The van der Waals surface area contributed by atoms with E-state index in [1.165, 1.54) is 52.2 Å². The summed E-state index contributed by atoms with van der Waals surface area (Å²) in [5, 5.41) is 52.3. The number of nitrogens with one attached hydrogen (secondary N) is 1. The molecule has 1 aliphatic carbocycles. The van der Waals surface area contributed by atoms with Gasteiger partial charge in [-0.15, -0.1) is 0 Å². The topological polar surface area (TPSA) is 226 Å². The molecule has 9 atom stereocenters. The molecule has 1 saturated heterocycles. The molecule has 328 valence electrons. The van der Waals surface area contributed by atoms with Crippen LogP contribution in [0.5, 0.6) is 11.5 Å². The number of carbonyl (C=O) groups excluding carboxylic acids is 4. The standard InChI is InChI=1S/C43H58N4O13/c1-22-11-10-12-23(2)42(54)44-29-21-30(49)32-33(38(29)53)37(52)27(6)40-34(32)41(45-58-20-18-46-14-16-47(55)17-15-46)43(8,60-40)57-19-13-31(56-9)24(3)39(59-28(7)48)26(5)36(51)25(4)35(22)50/h10-13,19,21-22,24-26,31,35-36,39,50-52,55H,14-18,20H2,1-9H3,(H,44,54)/b11-10+,19-13+,23-12-,45-41-/t22-,24+,25+,26+,31-,35-,36+,39+,43-/m0/s1. The van der Waals surface area contributed by atoms with Crippen LogP contribution in [0.15, 0.2) is 53.1 Å². The van der Waals surface area contributed by atoms with E-state index in [-0.39, 0.29) is 51.6 Å². The number of amides is 1. The summed E-state index contributed by atoms with van der Waals surface area (Å²) in [6, 6.07) is 0. The zero-order valence-corrected chi connectivity index (χ0v) is 35.6. The Morgan fingerprint density at radius 2 is 1.67 bits per heavy atom. The average Bonchev–Trinajstić information content (AvgIpc) is 3.50. The van der Waals surface area contributed by atoms with Gasteiger partial charge in [-0.25, -0.2) is 0 Å². The smallest absolute Gasteiger partial charge is 0.302 e. The first-order valence-electron chi connectivity index (χ1n) is 20.1. The number of nitrogens with zero attached hydrogens (tertiary/aromatic N) is 3. The number of aliphatic hydroxyl groups excluding tert-OH is 2. The SMILES string of the molecule is CO[C@H]1/C=C/O[C@@]2(C)Oc3c(C)c(O)c4c(c3/C2=N/OCCN2CCN(O)CC2)C(=O)C=C(NC(=O)/C(C)=C\C=C\[C@H](C)[C@H](O)[C@@H](C)[C@@H](O)[C@@H](C)[C@H](OC(C)=O)[C@@H]1C)C4=O. The zero-order chi connectivity index (χ0) is 44.2. The summed E-state index contributed by atoms with van der Waals surface area (Å²) in [4.78, 5) is 61.8. The molecule has 0 saturated carbocycles. The predicted octanol–water partition coefficient (Wildman–Crippen LogP) is 3.18. The number of phenols is 1. The summed E-state index contributed by atoms with van der Waals surface area (Å²) in [5.74, 6) is -7.61. The number of ketones is 2. The fraction of sp³-hybridized carbons (Fsp3) is 0.558. The summed E-state index contributed by atoms with van der Waals surface area (Å²) in [6.45, 7) is 15.4. The quantitative estimate of drug-likeness (QED) is 0.158. The molecule has 60 heavy (non-hydrogen) atoms. The van der Waals surface area contributed by atoms with E-state index >= 15 is 0 Å². The number of carbonyl (C=O) groups is 4. The zero-order valence-electron chi connectivity index (χ0n) is 35.6. The van der Waals surface area contributed by atoms with E-state index in [1.54, 1.807) is 45.9 Å². The van der Waals surface area contributed by atoms with Crippen LogP contribution >= 0.6 is 0 Å². The van der Waals surface area contributed by atoms with Crippen LogP contribution in [0.4, 0.5) is 0 Å². The van der Waals surface area contributed by atoms with E-state index in [0.717, 1.165) is 6.08 Å². The number of hydrogen-bond donors (Lipinski definition) is 5. The van der Waals surface area contributed by atoms with Crippen molar-refractivity contribution < 1.29 is 63.5 Å². The Labute approximate surface area is 349 Å². The Bertz CT molecular complexity index is 1980. The Kier molecular flexibility index (Phi) is 14.8. The van der Waals surface area contributed by atoms with Gasteiger partial charge in [-0.2, -0.15) is 5.06 Å². The second-order valence-electron chi connectivity index (χ2n) is 16.1. The number of esters is 1. The molecule has 4 aliphatic heterocycles. The highest BCUT2D eigenvalue weighted by molar-refractivity contribution is 6.31. The lowest BCUT2D eigenvalue weighted by Gasteiger charge is -2.38. The minimum absolute atomic E-state index is 0.0154. The van der Waals surface area contributed by atoms with Gasteiger partial charge in [-0.3, -0.25) is 24.1 Å². The van der Waals surface area contributed by atoms with E-state index in [1.807, 2.05) is 0 Å². The molecule has 1 amide bonds. The molecule has 0 aromatic heterocycles. The number of fused-ring (bicyclic) bond motifs is 14. The van der Waals surface area contributed by atoms with E-state index in [0.29, 0.717) is 32.7 Å². The van der Waals surface area contributed by atoms with Crippen molar-refractivity contribution in [3.63, 3.8) is 0 Å². The third-order valence-corrected chi connectivity index (χ3v) is 11.8. The number of phenolic OH excluding ortho intramolecular Hbond substituents is 1. The second-order valence-corrected chi connectivity index (χ2v) is 16.1. The van der Waals surface area contributed by atoms with Crippen LogP contribution < -0.4 is 10.1 Å². The molecule has 5 bridgehead atoms. The number of methoxy groups -OCH3 is 1. The van der Waals surface area contributed by atoms with E-state index in [4.69, 9.17) is 23.8 Å². The first-order valence-corrected chi connectivity index (χ1v) is 20.1. The van der Waals surface area contributed by atoms with Crippen molar-refractivity contribution >= 4 is 29.2 Å². The van der Waals surface area contributed by atoms with Gasteiger partial charge in [0.2, 0.25) is 5.78 Å². The van der Waals surface area contributed by atoms with Gasteiger partial charge < -0.3 is 49.6 Å². The van der Waals surface area contributed by atoms with Crippen LogP contribution in [-0.4, -0.2) is 136 Å². The number of piperazine rings is 1. The summed E-state index contributed by atoms with van der Waals surface area (Å²) in [6.07, 6.45) is 4.68. The fourth-order valence-electron chi connectivity index (χ4n) is 8.00. The molecule has 5 aliphatic rings. The van der Waals surface area contributed by atoms with Crippen LogP contribution in [0, 0.1) is 30.6 Å². The van der Waals surface area contributed by atoms with Gasteiger partial charge in [-0.1, -0.05) is 51.1 Å². The summed E-state index contributed by atoms with van der Waals surface area (Å²) in [5.41, 5.74) is -0.648. The number of allylic oxidation sites excluding steroid dienone is 4. The van der Waals surface area contributed by atoms with Gasteiger partial charge in [0.15, 0.2) is 11.5 Å². The molecular weight excluding hydrogens is 780 g/mol. The summed E-state index contributed by atoms with van der Waals surface area (Å²) >= 11 is 0. The van der Waals surface area contributed by atoms with Crippen LogP contribution in [-0.2, 0) is 28.6 Å². The lowest BCUT2D eigenvalue weighted by molar-refractivity contribution is -0.160. The van der Waals surface area contributed by atoms with Crippen molar-refractivity contribution in [3.05, 3.63) is 70.2 Å². The van der Waals surface area contributed by atoms with Crippen molar-refractivity contribution in [2.75, 3.05) is 46.4 Å². The van der Waals surface area contributed by atoms with E-state index in [2.05, 4.69) is 15.4 Å². The minimum atomic E-state index is -1.82. The number of hydroxylamine groups is 2. The predicted molar refractivity (Wildman–Crippen MR) is 217 cm³/mol. The molecule has 0 unspecified atom stereocenters. The highest BCUT2D eigenvalue weighted by Gasteiger charge is 2.51.